The molecule has 0 aliphatic carbocycles. The van der Waals surface area contributed by atoms with Crippen molar-refractivity contribution in [3.63, 3.8) is 0 Å². The fourth-order valence-corrected chi connectivity index (χ4v) is 4.96. The predicted octanol–water partition coefficient (Wildman–Crippen LogP) is 1.93. The maximum atomic E-state index is 13.2. The monoisotopic (exact) mass is 377 g/mol. The van der Waals surface area contributed by atoms with E-state index in [1.165, 1.54) is 16.3 Å². The lowest BCUT2D eigenvalue weighted by atomic mass is 10.3. The highest BCUT2D eigenvalue weighted by Gasteiger charge is 2.29. The molecule has 0 radical (unpaired) electrons. The number of aromatic nitrogens is 3. The maximum Gasteiger partial charge on any atom is 0.213 e. The molecule has 2 heterocycles. The Hall–Kier alpha value is -2.10. The Labute approximate surface area is 150 Å². The van der Waals surface area contributed by atoms with E-state index in [1.54, 1.807) is 42.7 Å². The summed E-state index contributed by atoms with van der Waals surface area (Å²) in [5.74, 6) is 0.353. The molecule has 7 nitrogen and oxygen atoms in total. The number of nitrogens with zero attached hydrogens (tertiary/aromatic N) is 4. The topological polar surface area (TPSA) is 93.6 Å². The van der Waals surface area contributed by atoms with Crippen molar-refractivity contribution < 1.29 is 8.42 Å². The van der Waals surface area contributed by atoms with Crippen molar-refractivity contribution >= 4 is 33.1 Å². The molecule has 3 aromatic rings. The Morgan fingerprint density at radius 2 is 1.92 bits per heavy atom. The number of hydrogen-bond acceptors (Lipinski definition) is 7. The molecule has 25 heavy (non-hydrogen) atoms. The molecule has 132 valence electrons. The second-order valence-corrected chi connectivity index (χ2v) is 8.48. The molecule has 0 aliphatic rings. The van der Waals surface area contributed by atoms with Crippen LogP contribution >= 0.6 is 11.8 Å². The summed E-state index contributed by atoms with van der Waals surface area (Å²) in [4.78, 5) is 6.77. The number of hydrogen-bond donors (Lipinski definition) is 1. The van der Waals surface area contributed by atoms with E-state index in [9.17, 15) is 8.42 Å². The van der Waals surface area contributed by atoms with E-state index in [2.05, 4.69) is 10.1 Å². The summed E-state index contributed by atoms with van der Waals surface area (Å²) in [5.41, 5.74) is 7.03. The van der Waals surface area contributed by atoms with Gasteiger partial charge in [0.1, 0.15) is 10.8 Å². The second-order valence-electron chi connectivity index (χ2n) is 5.80. The van der Waals surface area contributed by atoms with Gasteiger partial charge in [0.25, 0.3) is 0 Å². The van der Waals surface area contributed by atoms with Crippen LogP contribution in [0.15, 0.2) is 51.2 Å². The van der Waals surface area contributed by atoms with Gasteiger partial charge in [-0.15, -0.1) is 11.8 Å². The molecule has 2 aromatic heterocycles. The summed E-state index contributed by atoms with van der Waals surface area (Å²) in [7, 11) is 0.0574. The number of benzene rings is 1. The standard InChI is InChI=1S/C16H19N5O2S2/c1-20(2)10-11-9-13(17)21-15(18-11)14(16(19-21)24-3)25(22,23)12-7-5-4-6-8-12/h4-9H,10,17H2,1-3H3. The molecule has 2 N–H and O–H groups in total. The predicted molar refractivity (Wildman–Crippen MR) is 98.5 cm³/mol. The van der Waals surface area contributed by atoms with E-state index in [1.807, 2.05) is 19.0 Å². The first-order chi connectivity index (χ1) is 11.8. The summed E-state index contributed by atoms with van der Waals surface area (Å²) in [6.45, 7) is 0.547. The van der Waals surface area contributed by atoms with Crippen LogP contribution in [0.1, 0.15) is 5.69 Å². The van der Waals surface area contributed by atoms with Crippen LogP contribution < -0.4 is 5.73 Å². The average molecular weight is 377 g/mol. The zero-order chi connectivity index (χ0) is 18.2. The molecule has 9 heteroatoms. The second kappa shape index (κ2) is 6.66. The summed E-state index contributed by atoms with van der Waals surface area (Å²) in [5, 5.41) is 4.72. The summed E-state index contributed by atoms with van der Waals surface area (Å²) >= 11 is 1.25. The van der Waals surface area contributed by atoms with Gasteiger partial charge in [0.05, 0.1) is 10.6 Å². The number of nitrogen functional groups attached to an aromatic ring is 1. The van der Waals surface area contributed by atoms with Gasteiger partial charge >= 0.3 is 0 Å². The van der Waals surface area contributed by atoms with Crippen molar-refractivity contribution in [1.82, 2.24) is 19.5 Å². The largest absolute Gasteiger partial charge is 0.384 e. The number of nitrogens with two attached hydrogens (primary N) is 1. The SMILES string of the molecule is CSc1nn2c(N)cc(CN(C)C)nc2c1S(=O)(=O)c1ccccc1. The minimum absolute atomic E-state index is 0.0958. The molecule has 0 saturated carbocycles. The van der Waals surface area contributed by atoms with Gasteiger partial charge in [-0.1, -0.05) is 18.2 Å². The lowest BCUT2D eigenvalue weighted by molar-refractivity contribution is 0.397. The van der Waals surface area contributed by atoms with Gasteiger partial charge in [0, 0.05) is 12.6 Å². The van der Waals surface area contributed by atoms with Crippen LogP contribution in [0.5, 0.6) is 0 Å². The van der Waals surface area contributed by atoms with Gasteiger partial charge in [-0.3, -0.25) is 0 Å². The first kappa shape index (κ1) is 17.7. The third-order valence-electron chi connectivity index (χ3n) is 3.59. The lowest BCUT2D eigenvalue weighted by Gasteiger charge is -2.10. The molecule has 0 atom stereocenters. The van der Waals surface area contributed by atoms with Gasteiger partial charge in [-0.25, -0.2) is 13.4 Å². The van der Waals surface area contributed by atoms with Crippen molar-refractivity contribution in [1.29, 1.82) is 0 Å². The first-order valence-electron chi connectivity index (χ1n) is 7.51. The molecule has 0 saturated heterocycles. The van der Waals surface area contributed by atoms with Crippen molar-refractivity contribution in [3.8, 4) is 0 Å². The lowest BCUT2D eigenvalue weighted by Crippen LogP contribution is -2.14. The molecular formula is C16H19N5O2S2. The minimum atomic E-state index is -3.76. The Morgan fingerprint density at radius 3 is 2.52 bits per heavy atom. The quantitative estimate of drug-likeness (QED) is 0.679. The molecule has 0 amide bonds. The molecule has 1 aromatic carbocycles. The Kier molecular flexibility index (Phi) is 4.72. The number of fused-ring (bicyclic) bond motifs is 1. The fourth-order valence-electron chi connectivity index (χ4n) is 2.54. The molecule has 0 bridgehead atoms. The van der Waals surface area contributed by atoms with E-state index in [0.29, 0.717) is 23.1 Å². The average Bonchev–Trinajstić information content (AvgIpc) is 2.95. The van der Waals surface area contributed by atoms with Gasteiger partial charge in [0.2, 0.25) is 9.84 Å². The Bertz CT molecular complexity index is 1010. The zero-order valence-electron chi connectivity index (χ0n) is 14.2. The summed E-state index contributed by atoms with van der Waals surface area (Å²) in [6, 6.07) is 10.00. The van der Waals surface area contributed by atoms with Gasteiger partial charge in [-0.2, -0.15) is 9.61 Å². The summed E-state index contributed by atoms with van der Waals surface area (Å²) < 4.78 is 27.7. The van der Waals surface area contributed by atoms with Crippen molar-refractivity contribution in [2.24, 2.45) is 0 Å². The maximum absolute atomic E-state index is 13.2. The van der Waals surface area contributed by atoms with Crippen LogP contribution in [0.3, 0.4) is 0 Å². The van der Waals surface area contributed by atoms with Gasteiger partial charge in [-0.05, 0) is 32.5 Å². The number of rotatable bonds is 5. The first-order valence-corrected chi connectivity index (χ1v) is 10.2. The van der Waals surface area contributed by atoms with Crippen molar-refractivity contribution in [2.45, 2.75) is 21.4 Å². The van der Waals surface area contributed by atoms with E-state index < -0.39 is 9.84 Å². The molecular weight excluding hydrogens is 358 g/mol. The van der Waals surface area contributed by atoms with Crippen LogP contribution in [0.25, 0.3) is 5.65 Å². The molecule has 0 aliphatic heterocycles. The van der Waals surface area contributed by atoms with E-state index in [-0.39, 0.29) is 15.4 Å². The van der Waals surface area contributed by atoms with Crippen molar-refractivity contribution in [2.75, 3.05) is 26.1 Å². The highest BCUT2D eigenvalue weighted by molar-refractivity contribution is 7.99. The highest BCUT2D eigenvalue weighted by Crippen LogP contribution is 2.33. The van der Waals surface area contributed by atoms with Crippen LogP contribution in [-0.2, 0) is 16.4 Å². The van der Waals surface area contributed by atoms with E-state index in [0.717, 1.165) is 0 Å². The van der Waals surface area contributed by atoms with Crippen LogP contribution in [0.2, 0.25) is 0 Å². The highest BCUT2D eigenvalue weighted by atomic mass is 32.2. The van der Waals surface area contributed by atoms with Crippen molar-refractivity contribution in [3.05, 3.63) is 42.1 Å². The molecule has 0 fully saturated rings. The Balaban J connectivity index is 2.31. The minimum Gasteiger partial charge on any atom is -0.384 e. The van der Waals surface area contributed by atoms with E-state index >= 15 is 0 Å². The third kappa shape index (κ3) is 3.22. The van der Waals surface area contributed by atoms with E-state index in [4.69, 9.17) is 5.73 Å². The molecule has 0 spiro atoms. The van der Waals surface area contributed by atoms with Gasteiger partial charge in [0.15, 0.2) is 10.5 Å². The van der Waals surface area contributed by atoms with Crippen LogP contribution in [0, 0.1) is 0 Å². The molecule has 3 rings (SSSR count). The smallest absolute Gasteiger partial charge is 0.213 e. The fraction of sp³-hybridized carbons (Fsp3) is 0.250. The third-order valence-corrected chi connectivity index (χ3v) is 6.20. The Morgan fingerprint density at radius 1 is 1.24 bits per heavy atom. The number of thioether (sulfide) groups is 1. The van der Waals surface area contributed by atoms with Crippen LogP contribution in [0.4, 0.5) is 5.82 Å². The molecule has 0 unspecified atom stereocenters. The zero-order valence-corrected chi connectivity index (χ0v) is 15.8. The van der Waals surface area contributed by atoms with Crippen LogP contribution in [-0.4, -0.2) is 48.3 Å². The normalized spacial score (nSPS) is 12.2. The summed E-state index contributed by atoms with van der Waals surface area (Å²) in [6.07, 6.45) is 1.78. The van der Waals surface area contributed by atoms with Gasteiger partial charge < -0.3 is 10.6 Å². The number of anilines is 1. The number of sulfone groups is 1.